The van der Waals surface area contributed by atoms with Crippen molar-refractivity contribution in [3.63, 3.8) is 0 Å². The number of hydrogen-bond acceptors (Lipinski definition) is 5. The Bertz CT molecular complexity index is 1210. The molecule has 2 aromatic carbocycles. The number of aromatic nitrogens is 3. The summed E-state index contributed by atoms with van der Waals surface area (Å²) in [6.45, 7) is 0.0136. The van der Waals surface area contributed by atoms with Gasteiger partial charge in [0, 0.05) is 29.7 Å². The van der Waals surface area contributed by atoms with E-state index in [1.165, 1.54) is 36.4 Å². The van der Waals surface area contributed by atoms with Crippen molar-refractivity contribution in [1.82, 2.24) is 14.4 Å². The maximum absolute atomic E-state index is 13.7. The fourth-order valence-electron chi connectivity index (χ4n) is 2.94. The number of halogens is 2. The van der Waals surface area contributed by atoms with Crippen LogP contribution in [0.3, 0.4) is 0 Å². The Labute approximate surface area is 169 Å². The Morgan fingerprint density at radius 1 is 1.03 bits per heavy atom. The number of amides is 1. The average molecular weight is 410 g/mol. The van der Waals surface area contributed by atoms with Crippen LogP contribution >= 0.6 is 0 Å². The monoisotopic (exact) mass is 410 g/mol. The molecule has 2 N–H and O–H groups in total. The summed E-state index contributed by atoms with van der Waals surface area (Å²) in [6.07, 6.45) is 4.17. The molecule has 2 aromatic heterocycles. The fourth-order valence-corrected chi connectivity index (χ4v) is 2.94. The molecule has 0 fully saturated rings. The van der Waals surface area contributed by atoms with Crippen LogP contribution in [0.2, 0.25) is 0 Å². The second-order valence-electron chi connectivity index (χ2n) is 6.43. The predicted molar refractivity (Wildman–Crippen MR) is 103 cm³/mol. The molecule has 0 aliphatic carbocycles. The van der Waals surface area contributed by atoms with E-state index in [1.807, 2.05) is 0 Å². The van der Waals surface area contributed by atoms with Gasteiger partial charge < -0.3 is 15.2 Å². The molecular weight excluding hydrogens is 394 g/mol. The summed E-state index contributed by atoms with van der Waals surface area (Å²) in [5, 5.41) is 0. The molecule has 0 aliphatic heterocycles. The van der Waals surface area contributed by atoms with E-state index in [-0.39, 0.29) is 19.0 Å². The van der Waals surface area contributed by atoms with Crippen LogP contribution in [0.1, 0.15) is 11.3 Å². The first-order chi connectivity index (χ1) is 14.5. The van der Waals surface area contributed by atoms with Gasteiger partial charge in [-0.2, -0.15) is 0 Å². The molecular formula is C21H16F2N4O3. The van der Waals surface area contributed by atoms with Crippen molar-refractivity contribution in [3.05, 3.63) is 83.9 Å². The molecule has 0 unspecified atom stereocenters. The summed E-state index contributed by atoms with van der Waals surface area (Å²) in [5.74, 6) is 0.174. The van der Waals surface area contributed by atoms with Crippen LogP contribution < -0.4 is 10.5 Å². The number of rotatable bonds is 6. The summed E-state index contributed by atoms with van der Waals surface area (Å²) >= 11 is 0. The minimum atomic E-state index is -0.945. The number of ether oxygens (including phenoxy) is 2. The quantitative estimate of drug-likeness (QED) is 0.521. The molecule has 0 radical (unpaired) electrons. The van der Waals surface area contributed by atoms with Crippen LogP contribution in [-0.4, -0.2) is 20.5 Å². The summed E-state index contributed by atoms with van der Waals surface area (Å²) in [5.41, 5.74) is 7.41. The van der Waals surface area contributed by atoms with E-state index in [2.05, 4.69) is 9.97 Å². The first-order valence-corrected chi connectivity index (χ1v) is 8.91. The van der Waals surface area contributed by atoms with E-state index >= 15 is 0 Å². The number of carbonyl (C=O) groups excluding carboxylic acids is 1. The highest BCUT2D eigenvalue weighted by molar-refractivity contribution is 5.68. The third-order valence-electron chi connectivity index (χ3n) is 4.31. The lowest BCUT2D eigenvalue weighted by atomic mass is 10.0. The maximum atomic E-state index is 13.7. The van der Waals surface area contributed by atoms with Gasteiger partial charge in [-0.05, 0) is 42.0 Å². The van der Waals surface area contributed by atoms with E-state index in [0.29, 0.717) is 33.9 Å². The Morgan fingerprint density at radius 2 is 1.80 bits per heavy atom. The number of carbonyl (C=O) groups is 1. The maximum Gasteiger partial charge on any atom is 0.404 e. The van der Waals surface area contributed by atoms with Crippen LogP contribution in [0.15, 0.2) is 61.1 Å². The Balaban J connectivity index is 1.58. The normalized spacial score (nSPS) is 10.9. The fraction of sp³-hybridized carbons (Fsp3) is 0.0952. The largest absolute Gasteiger partial charge is 0.487 e. The van der Waals surface area contributed by atoms with Crippen molar-refractivity contribution in [3.8, 4) is 16.9 Å². The number of benzene rings is 2. The van der Waals surface area contributed by atoms with Gasteiger partial charge in [-0.15, -0.1) is 0 Å². The summed E-state index contributed by atoms with van der Waals surface area (Å²) in [4.78, 5) is 19.6. The highest BCUT2D eigenvalue weighted by atomic mass is 19.1. The minimum Gasteiger partial charge on any atom is -0.487 e. The molecule has 0 bridgehead atoms. The predicted octanol–water partition coefficient (Wildman–Crippen LogP) is 3.85. The SMILES string of the molecule is NC(=O)OCc1cc(F)ccc1-c1cnc2nc(COc3ccc(F)cc3)cn2c1. The molecule has 7 nitrogen and oxygen atoms in total. The van der Waals surface area contributed by atoms with Crippen molar-refractivity contribution in [1.29, 1.82) is 0 Å². The summed E-state index contributed by atoms with van der Waals surface area (Å²) in [7, 11) is 0. The van der Waals surface area contributed by atoms with E-state index in [0.717, 1.165) is 0 Å². The van der Waals surface area contributed by atoms with Crippen LogP contribution in [-0.2, 0) is 18.0 Å². The molecule has 0 atom stereocenters. The molecule has 4 aromatic rings. The number of fused-ring (bicyclic) bond motifs is 1. The van der Waals surface area contributed by atoms with Gasteiger partial charge in [-0.3, -0.25) is 4.40 Å². The molecule has 0 aliphatic rings. The van der Waals surface area contributed by atoms with E-state index in [4.69, 9.17) is 15.2 Å². The minimum absolute atomic E-state index is 0.166. The molecule has 2 heterocycles. The topological polar surface area (TPSA) is 91.7 Å². The number of nitrogens with zero attached hydrogens (tertiary/aromatic N) is 3. The summed E-state index contributed by atoms with van der Waals surface area (Å²) < 4.78 is 38.8. The van der Waals surface area contributed by atoms with Gasteiger partial charge in [0.2, 0.25) is 5.78 Å². The smallest absolute Gasteiger partial charge is 0.404 e. The van der Waals surface area contributed by atoms with Crippen molar-refractivity contribution in [2.24, 2.45) is 5.73 Å². The van der Waals surface area contributed by atoms with Crippen molar-refractivity contribution < 1.29 is 23.0 Å². The molecule has 1 amide bonds. The van der Waals surface area contributed by atoms with E-state index in [1.54, 1.807) is 29.1 Å². The van der Waals surface area contributed by atoms with Gasteiger partial charge in [0.1, 0.15) is 30.6 Å². The number of imidazole rings is 1. The average Bonchev–Trinajstić information content (AvgIpc) is 3.14. The van der Waals surface area contributed by atoms with Gasteiger partial charge in [0.05, 0.1) is 5.69 Å². The molecule has 4 rings (SSSR count). The van der Waals surface area contributed by atoms with Crippen LogP contribution in [0.5, 0.6) is 5.75 Å². The highest BCUT2D eigenvalue weighted by Crippen LogP contribution is 2.25. The van der Waals surface area contributed by atoms with Gasteiger partial charge in [0.15, 0.2) is 0 Å². The standard InChI is InChI=1S/C21H16F2N4O3/c22-15-1-4-18(5-2-15)29-12-17-10-27-9-14(8-25-21(27)26-17)19-6-3-16(23)7-13(19)11-30-20(24)28/h1-10H,11-12H2,(H2,24,28). The second-order valence-corrected chi connectivity index (χ2v) is 6.43. The van der Waals surface area contributed by atoms with Gasteiger partial charge in [-0.1, -0.05) is 6.07 Å². The third-order valence-corrected chi connectivity index (χ3v) is 4.31. The first kappa shape index (κ1) is 19.3. The number of nitrogens with two attached hydrogens (primary N) is 1. The molecule has 30 heavy (non-hydrogen) atoms. The second kappa shape index (κ2) is 8.16. The van der Waals surface area contributed by atoms with Gasteiger partial charge in [-0.25, -0.2) is 23.5 Å². The molecule has 0 saturated carbocycles. The lowest BCUT2D eigenvalue weighted by Crippen LogP contribution is -2.13. The highest BCUT2D eigenvalue weighted by Gasteiger charge is 2.11. The van der Waals surface area contributed by atoms with Gasteiger partial charge in [0.25, 0.3) is 0 Å². The third kappa shape index (κ3) is 4.35. The van der Waals surface area contributed by atoms with E-state index in [9.17, 15) is 13.6 Å². The lowest BCUT2D eigenvalue weighted by Gasteiger charge is -2.10. The first-order valence-electron chi connectivity index (χ1n) is 8.91. The Morgan fingerprint density at radius 3 is 2.57 bits per heavy atom. The Kier molecular flexibility index (Phi) is 5.25. The van der Waals surface area contributed by atoms with E-state index < -0.39 is 11.9 Å². The number of primary amides is 1. The molecule has 9 heteroatoms. The number of hydrogen-bond donors (Lipinski definition) is 1. The van der Waals surface area contributed by atoms with Crippen molar-refractivity contribution in [2.75, 3.05) is 0 Å². The zero-order chi connectivity index (χ0) is 21.1. The molecule has 152 valence electrons. The zero-order valence-electron chi connectivity index (χ0n) is 15.6. The summed E-state index contributed by atoms with van der Waals surface area (Å²) in [6, 6.07) is 9.86. The van der Waals surface area contributed by atoms with Gasteiger partial charge >= 0.3 is 6.09 Å². The Hall–Kier alpha value is -4.01. The lowest BCUT2D eigenvalue weighted by molar-refractivity contribution is 0.150. The van der Waals surface area contributed by atoms with Crippen molar-refractivity contribution in [2.45, 2.75) is 13.2 Å². The van der Waals surface area contributed by atoms with Crippen molar-refractivity contribution >= 4 is 11.9 Å². The van der Waals surface area contributed by atoms with Crippen LogP contribution in [0, 0.1) is 11.6 Å². The molecule has 0 spiro atoms. The van der Waals surface area contributed by atoms with Crippen LogP contribution in [0.4, 0.5) is 13.6 Å². The molecule has 0 saturated heterocycles. The van der Waals surface area contributed by atoms with Crippen LogP contribution in [0.25, 0.3) is 16.9 Å². The zero-order valence-corrected chi connectivity index (χ0v) is 15.6.